The van der Waals surface area contributed by atoms with Gasteiger partial charge in [-0.2, -0.15) is 5.10 Å². The summed E-state index contributed by atoms with van der Waals surface area (Å²) < 4.78 is 13.2. The molecule has 0 saturated carbocycles. The minimum absolute atomic E-state index is 0.0358. The SMILES string of the molecule is COc1cccc2c1OCC(CN1CCC(C(=O)Nc3ccc(-n4cccn4)cc3)CC1)=C2. The minimum atomic E-state index is 0.0358. The highest BCUT2D eigenvalue weighted by Gasteiger charge is 2.26. The van der Waals surface area contributed by atoms with Gasteiger partial charge in [-0.3, -0.25) is 9.69 Å². The highest BCUT2D eigenvalue weighted by atomic mass is 16.5. The molecule has 0 spiro atoms. The average Bonchev–Trinajstić information content (AvgIpc) is 3.39. The standard InChI is InChI=1S/C26H28N4O3/c1-32-24-5-2-4-21-16-19(18-33-25(21)24)17-29-14-10-20(11-15-29)26(31)28-22-6-8-23(9-7-22)30-13-3-12-27-30/h2-9,12-13,16,20H,10-11,14-15,17-18H2,1H3,(H,28,31). The van der Waals surface area contributed by atoms with Gasteiger partial charge < -0.3 is 14.8 Å². The molecule has 170 valence electrons. The summed E-state index contributed by atoms with van der Waals surface area (Å²) in [6.45, 7) is 3.24. The number of carbonyl (C=O) groups is 1. The Morgan fingerprint density at radius 2 is 1.97 bits per heavy atom. The number of rotatable bonds is 6. The first-order chi connectivity index (χ1) is 16.2. The van der Waals surface area contributed by atoms with Crippen LogP contribution in [0.4, 0.5) is 5.69 Å². The Morgan fingerprint density at radius 1 is 1.15 bits per heavy atom. The maximum atomic E-state index is 12.8. The van der Waals surface area contributed by atoms with Crippen LogP contribution in [0, 0.1) is 5.92 Å². The predicted octanol–water partition coefficient (Wildman–Crippen LogP) is 4.01. The molecular formula is C26H28N4O3. The fraction of sp³-hybridized carbons (Fsp3) is 0.308. The number of amides is 1. The van der Waals surface area contributed by atoms with Crippen LogP contribution < -0.4 is 14.8 Å². The summed E-state index contributed by atoms with van der Waals surface area (Å²) in [6.07, 6.45) is 7.56. The molecular weight excluding hydrogens is 416 g/mol. The normalized spacial score (nSPS) is 16.5. The van der Waals surface area contributed by atoms with Crippen LogP contribution in [0.5, 0.6) is 11.5 Å². The lowest BCUT2D eigenvalue weighted by Gasteiger charge is -2.32. The van der Waals surface area contributed by atoms with Gasteiger partial charge in [0.1, 0.15) is 6.61 Å². The Labute approximate surface area is 193 Å². The second kappa shape index (κ2) is 9.50. The molecule has 1 saturated heterocycles. The number of nitrogens with zero attached hydrogens (tertiary/aromatic N) is 3. The maximum Gasteiger partial charge on any atom is 0.227 e. The van der Waals surface area contributed by atoms with Gasteiger partial charge in [0.2, 0.25) is 5.91 Å². The molecule has 0 aliphatic carbocycles. The zero-order chi connectivity index (χ0) is 22.6. The largest absolute Gasteiger partial charge is 0.493 e. The van der Waals surface area contributed by atoms with Gasteiger partial charge in [0.05, 0.1) is 12.8 Å². The van der Waals surface area contributed by atoms with Crippen molar-refractivity contribution in [1.29, 1.82) is 0 Å². The summed E-state index contributed by atoms with van der Waals surface area (Å²) in [7, 11) is 1.66. The molecule has 5 rings (SSSR count). The Hall–Kier alpha value is -3.58. The van der Waals surface area contributed by atoms with Crippen LogP contribution in [0.2, 0.25) is 0 Å². The van der Waals surface area contributed by atoms with Crippen molar-refractivity contribution in [2.45, 2.75) is 12.8 Å². The van der Waals surface area contributed by atoms with E-state index in [0.717, 1.165) is 60.9 Å². The van der Waals surface area contributed by atoms with Gasteiger partial charge in [-0.15, -0.1) is 0 Å². The number of benzene rings is 2. The van der Waals surface area contributed by atoms with Gasteiger partial charge in [-0.05, 0) is 74.0 Å². The van der Waals surface area contributed by atoms with E-state index >= 15 is 0 Å². The fourth-order valence-corrected chi connectivity index (χ4v) is 4.48. The third-order valence-electron chi connectivity index (χ3n) is 6.28. The number of piperidine rings is 1. The minimum Gasteiger partial charge on any atom is -0.493 e. The molecule has 1 fully saturated rings. The van der Waals surface area contributed by atoms with Gasteiger partial charge >= 0.3 is 0 Å². The molecule has 2 aliphatic heterocycles. The number of aromatic nitrogens is 2. The van der Waals surface area contributed by atoms with E-state index in [0.29, 0.717) is 6.61 Å². The van der Waals surface area contributed by atoms with Crippen LogP contribution in [0.25, 0.3) is 11.8 Å². The quantitative estimate of drug-likeness (QED) is 0.622. The van der Waals surface area contributed by atoms with Gasteiger partial charge in [0.25, 0.3) is 0 Å². The molecule has 2 aromatic carbocycles. The molecule has 1 N–H and O–H groups in total. The van der Waals surface area contributed by atoms with E-state index in [4.69, 9.17) is 9.47 Å². The van der Waals surface area contributed by atoms with E-state index in [2.05, 4.69) is 27.5 Å². The van der Waals surface area contributed by atoms with Crippen molar-refractivity contribution in [2.24, 2.45) is 5.92 Å². The van der Waals surface area contributed by atoms with Crippen LogP contribution in [0.1, 0.15) is 18.4 Å². The Morgan fingerprint density at radius 3 is 2.70 bits per heavy atom. The van der Waals surface area contributed by atoms with Crippen molar-refractivity contribution in [2.75, 3.05) is 38.7 Å². The molecule has 3 aromatic rings. The highest BCUT2D eigenvalue weighted by Crippen LogP contribution is 2.35. The predicted molar refractivity (Wildman–Crippen MR) is 128 cm³/mol. The van der Waals surface area contributed by atoms with Crippen molar-refractivity contribution < 1.29 is 14.3 Å². The van der Waals surface area contributed by atoms with Gasteiger partial charge in [-0.1, -0.05) is 12.1 Å². The maximum absolute atomic E-state index is 12.8. The first-order valence-corrected chi connectivity index (χ1v) is 11.3. The summed E-state index contributed by atoms with van der Waals surface area (Å²) in [5.41, 5.74) is 4.09. The van der Waals surface area contributed by atoms with Gasteiger partial charge in [0.15, 0.2) is 11.5 Å². The lowest BCUT2D eigenvalue weighted by molar-refractivity contribution is -0.121. The van der Waals surface area contributed by atoms with Crippen molar-refractivity contribution in [3.05, 3.63) is 72.1 Å². The number of fused-ring (bicyclic) bond motifs is 1. The number of para-hydroxylation sites is 1. The molecule has 0 atom stereocenters. The van der Waals surface area contributed by atoms with E-state index in [1.807, 2.05) is 48.7 Å². The van der Waals surface area contributed by atoms with Crippen LogP contribution in [-0.2, 0) is 4.79 Å². The van der Waals surface area contributed by atoms with E-state index in [-0.39, 0.29) is 11.8 Å². The van der Waals surface area contributed by atoms with E-state index in [1.54, 1.807) is 18.0 Å². The number of anilines is 1. The monoisotopic (exact) mass is 444 g/mol. The number of likely N-dealkylation sites (tertiary alicyclic amines) is 1. The number of ether oxygens (including phenoxy) is 2. The van der Waals surface area contributed by atoms with E-state index in [1.165, 1.54) is 5.57 Å². The number of hydrogen-bond acceptors (Lipinski definition) is 5. The van der Waals surface area contributed by atoms with Crippen LogP contribution in [0.3, 0.4) is 0 Å². The molecule has 33 heavy (non-hydrogen) atoms. The van der Waals surface area contributed by atoms with Crippen molar-refractivity contribution in [1.82, 2.24) is 14.7 Å². The average molecular weight is 445 g/mol. The lowest BCUT2D eigenvalue weighted by Crippen LogP contribution is -2.39. The van der Waals surface area contributed by atoms with Crippen LogP contribution in [0.15, 0.2) is 66.5 Å². The Bertz CT molecular complexity index is 1130. The van der Waals surface area contributed by atoms with Crippen molar-refractivity contribution in [3.8, 4) is 17.2 Å². The molecule has 0 radical (unpaired) electrons. The summed E-state index contributed by atoms with van der Waals surface area (Å²) in [5, 5.41) is 7.30. The van der Waals surface area contributed by atoms with Crippen LogP contribution in [-0.4, -0.2) is 53.9 Å². The topological polar surface area (TPSA) is 68.6 Å². The molecule has 3 heterocycles. The van der Waals surface area contributed by atoms with Crippen molar-refractivity contribution in [3.63, 3.8) is 0 Å². The second-order valence-electron chi connectivity index (χ2n) is 8.51. The third kappa shape index (κ3) is 4.78. The lowest BCUT2D eigenvalue weighted by atomic mass is 9.95. The molecule has 2 aliphatic rings. The van der Waals surface area contributed by atoms with Gasteiger partial charge in [-0.25, -0.2) is 4.68 Å². The number of carbonyl (C=O) groups excluding carboxylic acids is 1. The van der Waals surface area contributed by atoms with E-state index < -0.39 is 0 Å². The third-order valence-corrected chi connectivity index (χ3v) is 6.28. The number of nitrogens with one attached hydrogen (secondary N) is 1. The fourth-order valence-electron chi connectivity index (χ4n) is 4.48. The smallest absolute Gasteiger partial charge is 0.227 e. The first kappa shape index (κ1) is 21.3. The zero-order valence-electron chi connectivity index (χ0n) is 18.7. The molecule has 0 unspecified atom stereocenters. The highest BCUT2D eigenvalue weighted by molar-refractivity contribution is 5.92. The summed E-state index contributed by atoms with van der Waals surface area (Å²) in [6, 6.07) is 15.6. The summed E-state index contributed by atoms with van der Waals surface area (Å²) in [4.78, 5) is 15.2. The molecule has 0 bridgehead atoms. The Kier molecular flexibility index (Phi) is 6.13. The molecule has 7 nitrogen and oxygen atoms in total. The number of methoxy groups -OCH3 is 1. The first-order valence-electron chi connectivity index (χ1n) is 11.3. The zero-order valence-corrected chi connectivity index (χ0v) is 18.7. The van der Waals surface area contributed by atoms with Crippen molar-refractivity contribution >= 4 is 17.7 Å². The molecule has 7 heteroatoms. The van der Waals surface area contributed by atoms with Gasteiger partial charge in [0, 0.05) is 36.1 Å². The number of hydrogen-bond donors (Lipinski definition) is 1. The second-order valence-corrected chi connectivity index (χ2v) is 8.51. The molecule has 1 amide bonds. The van der Waals surface area contributed by atoms with Crippen LogP contribution >= 0.6 is 0 Å². The summed E-state index contributed by atoms with van der Waals surface area (Å²) in [5.74, 6) is 1.72. The summed E-state index contributed by atoms with van der Waals surface area (Å²) >= 11 is 0. The Balaban J connectivity index is 1.13. The molecule has 1 aromatic heterocycles. The van der Waals surface area contributed by atoms with E-state index in [9.17, 15) is 4.79 Å².